The van der Waals surface area contributed by atoms with Crippen molar-refractivity contribution < 1.29 is 4.39 Å². The van der Waals surface area contributed by atoms with Gasteiger partial charge in [0.05, 0.1) is 5.69 Å². The fourth-order valence-corrected chi connectivity index (χ4v) is 3.37. The van der Waals surface area contributed by atoms with Crippen molar-refractivity contribution in [3.05, 3.63) is 65.4 Å². The van der Waals surface area contributed by atoms with E-state index in [9.17, 15) is 4.39 Å². The van der Waals surface area contributed by atoms with E-state index in [1.807, 2.05) is 30.3 Å². The number of fused-ring (bicyclic) bond motifs is 1. The van der Waals surface area contributed by atoms with E-state index in [0.717, 1.165) is 35.6 Å². The Labute approximate surface area is 142 Å². The Bertz CT molecular complexity index is 885. The highest BCUT2D eigenvalue weighted by Gasteiger charge is 2.15. The zero-order chi connectivity index (χ0) is 16.7. The van der Waals surface area contributed by atoms with E-state index in [4.69, 9.17) is 0 Å². The second-order valence-corrected chi connectivity index (χ2v) is 6.69. The molecule has 0 fully saturated rings. The molecule has 2 nitrogen and oxygen atoms in total. The van der Waals surface area contributed by atoms with Gasteiger partial charge in [0.2, 0.25) is 0 Å². The van der Waals surface area contributed by atoms with Crippen LogP contribution < -0.4 is 0 Å². The van der Waals surface area contributed by atoms with Crippen LogP contribution in [-0.2, 0) is 13.0 Å². The molecule has 1 aromatic heterocycles. The Hall–Kier alpha value is -2.42. The van der Waals surface area contributed by atoms with Crippen molar-refractivity contribution in [1.82, 2.24) is 9.55 Å². The summed E-state index contributed by atoms with van der Waals surface area (Å²) in [5.41, 5.74) is 5.69. The van der Waals surface area contributed by atoms with Gasteiger partial charge in [-0.1, -0.05) is 30.3 Å². The van der Waals surface area contributed by atoms with E-state index in [0.29, 0.717) is 5.56 Å². The highest BCUT2D eigenvalue weighted by molar-refractivity contribution is 5.70. The Morgan fingerprint density at radius 3 is 2.54 bits per heavy atom. The summed E-state index contributed by atoms with van der Waals surface area (Å²) in [4.78, 5) is 4.69. The SMILES string of the molecule is Cc1ccc(-c2ccc(-c3cn4c(n3)CCCC4)cc2F)cc1C. The van der Waals surface area contributed by atoms with Gasteiger partial charge in [-0.3, -0.25) is 0 Å². The summed E-state index contributed by atoms with van der Waals surface area (Å²) in [5.74, 6) is 0.927. The molecule has 1 aliphatic rings. The first-order valence-corrected chi connectivity index (χ1v) is 8.55. The maximum Gasteiger partial charge on any atom is 0.131 e. The summed E-state index contributed by atoms with van der Waals surface area (Å²) in [7, 11) is 0. The highest BCUT2D eigenvalue weighted by Crippen LogP contribution is 2.29. The summed E-state index contributed by atoms with van der Waals surface area (Å²) in [6.07, 6.45) is 5.46. The van der Waals surface area contributed by atoms with Gasteiger partial charge in [0.25, 0.3) is 0 Å². The zero-order valence-electron chi connectivity index (χ0n) is 14.1. The molecule has 0 radical (unpaired) electrons. The number of imidazole rings is 1. The van der Waals surface area contributed by atoms with Crippen molar-refractivity contribution in [3.8, 4) is 22.4 Å². The fraction of sp³-hybridized carbons (Fsp3) is 0.286. The molecule has 0 N–H and O–H groups in total. The molecule has 2 aromatic carbocycles. The Kier molecular flexibility index (Phi) is 3.72. The molecule has 0 saturated heterocycles. The van der Waals surface area contributed by atoms with Crippen LogP contribution in [0, 0.1) is 19.7 Å². The van der Waals surface area contributed by atoms with Gasteiger partial charge in [-0.05, 0) is 49.4 Å². The van der Waals surface area contributed by atoms with Gasteiger partial charge in [-0.25, -0.2) is 9.37 Å². The Morgan fingerprint density at radius 2 is 1.79 bits per heavy atom. The monoisotopic (exact) mass is 320 g/mol. The molecule has 0 aliphatic carbocycles. The first-order valence-electron chi connectivity index (χ1n) is 8.55. The lowest BCUT2D eigenvalue weighted by molar-refractivity contribution is 0.522. The van der Waals surface area contributed by atoms with Crippen molar-refractivity contribution in [2.24, 2.45) is 0 Å². The molecule has 122 valence electrons. The van der Waals surface area contributed by atoms with Crippen LogP contribution in [0.3, 0.4) is 0 Å². The molecule has 3 heteroatoms. The number of benzene rings is 2. The van der Waals surface area contributed by atoms with Crippen molar-refractivity contribution in [2.45, 2.75) is 39.7 Å². The van der Waals surface area contributed by atoms with E-state index in [-0.39, 0.29) is 5.82 Å². The molecule has 4 rings (SSSR count). The zero-order valence-corrected chi connectivity index (χ0v) is 14.1. The van der Waals surface area contributed by atoms with E-state index >= 15 is 0 Å². The maximum absolute atomic E-state index is 14.7. The predicted octanol–water partition coefficient (Wildman–Crippen LogP) is 5.31. The number of rotatable bonds is 2. The van der Waals surface area contributed by atoms with Crippen molar-refractivity contribution >= 4 is 0 Å². The third kappa shape index (κ3) is 2.64. The van der Waals surface area contributed by atoms with Crippen LogP contribution >= 0.6 is 0 Å². The van der Waals surface area contributed by atoms with Crippen LogP contribution in [0.4, 0.5) is 4.39 Å². The number of aromatic nitrogens is 2. The normalized spacial score (nSPS) is 13.8. The minimum atomic E-state index is -0.193. The van der Waals surface area contributed by atoms with E-state index in [1.54, 1.807) is 6.07 Å². The summed E-state index contributed by atoms with van der Waals surface area (Å²) in [5, 5.41) is 0. The predicted molar refractivity (Wildman–Crippen MR) is 95.5 cm³/mol. The average molecular weight is 320 g/mol. The molecular weight excluding hydrogens is 299 g/mol. The van der Waals surface area contributed by atoms with Gasteiger partial charge in [0.15, 0.2) is 0 Å². The van der Waals surface area contributed by atoms with Gasteiger partial charge in [-0.2, -0.15) is 0 Å². The maximum atomic E-state index is 14.7. The van der Waals surface area contributed by atoms with Crippen LogP contribution in [0.5, 0.6) is 0 Å². The Balaban J connectivity index is 1.71. The van der Waals surface area contributed by atoms with E-state index in [1.165, 1.54) is 24.0 Å². The summed E-state index contributed by atoms with van der Waals surface area (Å²) in [6.45, 7) is 5.14. The molecule has 0 saturated carbocycles. The first kappa shape index (κ1) is 15.1. The quantitative estimate of drug-likeness (QED) is 0.626. The lowest BCUT2D eigenvalue weighted by Crippen LogP contribution is -2.08. The number of nitrogens with zero attached hydrogens (tertiary/aromatic N) is 2. The lowest BCUT2D eigenvalue weighted by Gasteiger charge is -2.11. The largest absolute Gasteiger partial charge is 0.334 e. The second kappa shape index (κ2) is 5.90. The van der Waals surface area contributed by atoms with Crippen molar-refractivity contribution in [2.75, 3.05) is 0 Å². The van der Waals surface area contributed by atoms with Crippen LogP contribution in [0.1, 0.15) is 29.8 Å². The van der Waals surface area contributed by atoms with Gasteiger partial charge in [0.1, 0.15) is 11.6 Å². The van der Waals surface area contributed by atoms with Gasteiger partial charge < -0.3 is 4.57 Å². The van der Waals surface area contributed by atoms with E-state index in [2.05, 4.69) is 29.6 Å². The summed E-state index contributed by atoms with van der Waals surface area (Å²) < 4.78 is 16.9. The highest BCUT2D eigenvalue weighted by atomic mass is 19.1. The third-order valence-electron chi connectivity index (χ3n) is 4.99. The minimum absolute atomic E-state index is 0.193. The molecule has 2 heterocycles. The summed E-state index contributed by atoms with van der Waals surface area (Å²) >= 11 is 0. The number of hydrogen-bond acceptors (Lipinski definition) is 1. The standard InChI is InChI=1S/C21H21FN2/c1-14-6-7-16(11-15(14)2)18-9-8-17(12-19(18)22)20-13-24-10-4-3-5-21(24)23-20/h6-9,11-13H,3-5,10H2,1-2H3. The molecular formula is C21H21FN2. The van der Waals surface area contributed by atoms with Crippen LogP contribution in [0.15, 0.2) is 42.6 Å². The van der Waals surface area contributed by atoms with Gasteiger partial charge in [-0.15, -0.1) is 0 Å². The molecule has 24 heavy (non-hydrogen) atoms. The second-order valence-electron chi connectivity index (χ2n) is 6.69. The molecule has 0 amide bonds. The molecule has 0 spiro atoms. The first-order chi connectivity index (χ1) is 11.6. The summed E-state index contributed by atoms with van der Waals surface area (Å²) in [6, 6.07) is 11.5. The van der Waals surface area contributed by atoms with E-state index < -0.39 is 0 Å². The fourth-order valence-electron chi connectivity index (χ4n) is 3.37. The number of aryl methyl sites for hydroxylation is 4. The van der Waals surface area contributed by atoms with Crippen molar-refractivity contribution in [1.29, 1.82) is 0 Å². The average Bonchev–Trinajstić information content (AvgIpc) is 3.01. The number of halogens is 1. The van der Waals surface area contributed by atoms with Crippen molar-refractivity contribution in [3.63, 3.8) is 0 Å². The van der Waals surface area contributed by atoms with Crippen LogP contribution in [0.25, 0.3) is 22.4 Å². The van der Waals surface area contributed by atoms with Gasteiger partial charge in [0, 0.05) is 30.3 Å². The lowest BCUT2D eigenvalue weighted by atomic mass is 9.98. The Morgan fingerprint density at radius 1 is 0.958 bits per heavy atom. The molecule has 1 aliphatic heterocycles. The minimum Gasteiger partial charge on any atom is -0.334 e. The topological polar surface area (TPSA) is 17.8 Å². The molecule has 0 bridgehead atoms. The third-order valence-corrected chi connectivity index (χ3v) is 4.99. The van der Waals surface area contributed by atoms with Gasteiger partial charge >= 0.3 is 0 Å². The number of hydrogen-bond donors (Lipinski definition) is 0. The molecule has 0 atom stereocenters. The smallest absolute Gasteiger partial charge is 0.131 e. The van der Waals surface area contributed by atoms with Crippen LogP contribution in [0.2, 0.25) is 0 Å². The molecule has 3 aromatic rings. The molecule has 0 unspecified atom stereocenters. The van der Waals surface area contributed by atoms with Crippen LogP contribution in [-0.4, -0.2) is 9.55 Å².